The van der Waals surface area contributed by atoms with E-state index in [1.807, 2.05) is 24.3 Å². The van der Waals surface area contributed by atoms with Crippen LogP contribution in [0.3, 0.4) is 0 Å². The van der Waals surface area contributed by atoms with Crippen LogP contribution in [0.1, 0.15) is 63.0 Å². The van der Waals surface area contributed by atoms with Gasteiger partial charge in [0.05, 0.1) is 50.2 Å². The first kappa shape index (κ1) is 42.4. The zero-order valence-electron chi connectivity index (χ0n) is 36.1. The third-order valence-electron chi connectivity index (χ3n) is 13.0. The third kappa shape index (κ3) is 7.97. The summed E-state index contributed by atoms with van der Waals surface area (Å²) in [5, 5.41) is 0. The predicted molar refractivity (Wildman–Crippen MR) is 256 cm³/mol. The fourth-order valence-electron chi connectivity index (χ4n) is 9.44. The molecule has 0 spiro atoms. The molecule has 6 aromatic carbocycles. The number of aromatic nitrogens is 3. The van der Waals surface area contributed by atoms with Crippen LogP contribution in [0, 0.1) is 0 Å². The number of epoxide rings is 3. The summed E-state index contributed by atoms with van der Waals surface area (Å²) in [6.07, 6.45) is 0.484. The molecule has 12 N–H and O–H groups in total. The molecule has 3 saturated heterocycles. The van der Waals surface area contributed by atoms with Gasteiger partial charge in [-0.15, -0.1) is 0 Å². The van der Waals surface area contributed by atoms with Gasteiger partial charge >= 0.3 is 17.1 Å². The molecule has 15 nitrogen and oxygen atoms in total. The Morgan fingerprint density at radius 2 is 0.803 bits per heavy atom. The first-order valence-corrected chi connectivity index (χ1v) is 21.9. The molecule has 336 valence electrons. The molecule has 3 fully saturated rings. The number of benzene rings is 6. The zero-order chi connectivity index (χ0) is 45.9. The Labute approximate surface area is 379 Å². The van der Waals surface area contributed by atoms with E-state index in [9.17, 15) is 0 Å². The van der Waals surface area contributed by atoms with E-state index in [0.29, 0.717) is 100 Å². The lowest BCUT2D eigenvalue weighted by molar-refractivity contribution is 0.279. The number of nitrogen functional groups attached to an aromatic ring is 6. The maximum absolute atomic E-state index is 16.5. The van der Waals surface area contributed by atoms with Crippen molar-refractivity contribution >= 4 is 34.1 Å². The van der Waals surface area contributed by atoms with Gasteiger partial charge in [0.25, 0.3) is 0 Å². The van der Waals surface area contributed by atoms with Crippen molar-refractivity contribution < 1.29 is 14.2 Å². The molecule has 15 heteroatoms. The molecule has 0 bridgehead atoms. The van der Waals surface area contributed by atoms with Gasteiger partial charge in [-0.05, 0) is 111 Å². The van der Waals surface area contributed by atoms with Crippen LogP contribution < -0.4 is 51.5 Å². The van der Waals surface area contributed by atoms with Gasteiger partial charge in [-0.3, -0.25) is 0 Å². The standard InChI is InChI=1S/C51H51N9O6/c52-34-11-1-29(2-12-34)46(30-3-13-35(53)14-4-30)58-48(61)59(47(31-5-15-36(54)16-6-31)32-7-17-37(55)18-8-32)50(63)60(49(58)62)51(25-41-28-66-41,33-9-19-38(56)20-10-33)44-21-22-45(57)43(24-40-27-65-40)42(44)23-39-26-64-39/h1-22,39-41,46-47H,23-28,52-57H2. The fourth-order valence-corrected chi connectivity index (χ4v) is 9.44. The average molecular weight is 886 g/mol. The Balaban J connectivity index is 1.40. The Morgan fingerprint density at radius 3 is 1.17 bits per heavy atom. The lowest BCUT2D eigenvalue weighted by Gasteiger charge is -2.39. The van der Waals surface area contributed by atoms with Crippen molar-refractivity contribution in [2.45, 2.75) is 55.2 Å². The van der Waals surface area contributed by atoms with Crippen molar-refractivity contribution in [1.82, 2.24) is 13.7 Å². The summed E-state index contributed by atoms with van der Waals surface area (Å²) in [5.41, 5.74) is 41.9. The predicted octanol–water partition coefficient (Wildman–Crippen LogP) is 4.40. The normalized spacial score (nSPS) is 18.3. The van der Waals surface area contributed by atoms with Crippen molar-refractivity contribution in [2.24, 2.45) is 0 Å². The highest BCUT2D eigenvalue weighted by molar-refractivity contribution is 5.60. The Kier molecular flexibility index (Phi) is 10.8. The minimum Gasteiger partial charge on any atom is -0.399 e. The van der Waals surface area contributed by atoms with Crippen molar-refractivity contribution in [2.75, 3.05) is 54.2 Å². The number of hydrogen-bond acceptors (Lipinski definition) is 12. The summed E-state index contributed by atoms with van der Waals surface area (Å²) in [4.78, 5) is 49.1. The molecule has 10 rings (SSSR count). The van der Waals surface area contributed by atoms with Crippen LogP contribution in [-0.2, 0) is 32.6 Å². The monoisotopic (exact) mass is 885 g/mol. The van der Waals surface area contributed by atoms with E-state index >= 15 is 14.4 Å². The minimum atomic E-state index is -1.66. The topological polar surface area (TPSA) is 260 Å². The van der Waals surface area contributed by atoms with Gasteiger partial charge < -0.3 is 48.6 Å². The molecule has 3 aliphatic rings. The molecular formula is C51H51N9O6. The van der Waals surface area contributed by atoms with Gasteiger partial charge in [0.15, 0.2) is 0 Å². The minimum absolute atomic E-state index is 0.0536. The number of rotatable bonds is 15. The van der Waals surface area contributed by atoms with Gasteiger partial charge in [-0.25, -0.2) is 28.1 Å². The molecule has 0 saturated carbocycles. The lowest BCUT2D eigenvalue weighted by Crippen LogP contribution is -2.62. The van der Waals surface area contributed by atoms with Gasteiger partial charge in [0.2, 0.25) is 0 Å². The van der Waals surface area contributed by atoms with Crippen molar-refractivity contribution in [1.29, 1.82) is 0 Å². The maximum Gasteiger partial charge on any atom is 0.338 e. The van der Waals surface area contributed by atoms with Crippen LogP contribution in [0.5, 0.6) is 0 Å². The second kappa shape index (κ2) is 16.8. The highest BCUT2D eigenvalue weighted by atomic mass is 16.6. The van der Waals surface area contributed by atoms with Gasteiger partial charge in [-0.1, -0.05) is 66.7 Å². The number of anilines is 6. The average Bonchev–Trinajstić information content (AvgIpc) is 4.16. The van der Waals surface area contributed by atoms with Gasteiger partial charge in [0.1, 0.15) is 5.54 Å². The largest absolute Gasteiger partial charge is 0.399 e. The molecule has 66 heavy (non-hydrogen) atoms. The van der Waals surface area contributed by atoms with Crippen LogP contribution in [0.4, 0.5) is 34.1 Å². The summed E-state index contributed by atoms with van der Waals surface area (Å²) >= 11 is 0. The second-order valence-electron chi connectivity index (χ2n) is 17.5. The molecule has 4 heterocycles. The number of ether oxygens (including phenoxy) is 3. The Bertz CT molecular complexity index is 2880. The van der Waals surface area contributed by atoms with Crippen molar-refractivity contribution in [3.8, 4) is 0 Å². The van der Waals surface area contributed by atoms with E-state index in [2.05, 4.69) is 0 Å². The van der Waals surface area contributed by atoms with E-state index in [1.54, 1.807) is 109 Å². The van der Waals surface area contributed by atoms with Crippen LogP contribution in [-0.4, -0.2) is 51.8 Å². The van der Waals surface area contributed by atoms with Gasteiger partial charge in [-0.2, -0.15) is 0 Å². The molecule has 4 atom stereocenters. The summed E-state index contributed by atoms with van der Waals surface area (Å²) in [7, 11) is 0. The summed E-state index contributed by atoms with van der Waals surface area (Å²) in [6.45, 7) is 1.48. The van der Waals surface area contributed by atoms with Crippen LogP contribution in [0.2, 0.25) is 0 Å². The first-order valence-electron chi connectivity index (χ1n) is 21.9. The number of nitrogens with zero attached hydrogens (tertiary/aromatic N) is 3. The van der Waals surface area contributed by atoms with Crippen LogP contribution in [0.15, 0.2) is 148 Å². The molecule has 3 aliphatic heterocycles. The van der Waals surface area contributed by atoms with Gasteiger partial charge in [0, 0.05) is 53.4 Å². The Hall–Kier alpha value is -7.59. The highest BCUT2D eigenvalue weighted by Crippen LogP contribution is 2.45. The summed E-state index contributed by atoms with van der Waals surface area (Å²) < 4.78 is 21.3. The fraction of sp³-hybridized carbons (Fsp3) is 0.235. The second-order valence-corrected chi connectivity index (χ2v) is 17.5. The van der Waals surface area contributed by atoms with Crippen LogP contribution >= 0.6 is 0 Å². The molecular weight excluding hydrogens is 835 g/mol. The third-order valence-corrected chi connectivity index (χ3v) is 13.0. The highest BCUT2D eigenvalue weighted by Gasteiger charge is 2.49. The zero-order valence-corrected chi connectivity index (χ0v) is 36.1. The van der Waals surface area contributed by atoms with Crippen LogP contribution in [0.25, 0.3) is 0 Å². The molecule has 0 aliphatic carbocycles. The molecule has 1 aromatic heterocycles. The van der Waals surface area contributed by atoms with Crippen molar-refractivity contribution in [3.05, 3.63) is 209 Å². The summed E-state index contributed by atoms with van der Waals surface area (Å²) in [5.74, 6) is 0. The first-order chi connectivity index (χ1) is 31.9. The molecule has 0 radical (unpaired) electrons. The van der Waals surface area contributed by atoms with E-state index < -0.39 is 40.8 Å². The summed E-state index contributed by atoms with van der Waals surface area (Å²) in [6, 6.07) is 36.5. The number of nitrogens with two attached hydrogens (primary N) is 6. The van der Waals surface area contributed by atoms with E-state index in [0.717, 1.165) is 11.1 Å². The molecule has 4 unspecified atom stereocenters. The Morgan fingerprint density at radius 1 is 0.455 bits per heavy atom. The smallest absolute Gasteiger partial charge is 0.338 e. The SMILES string of the molecule is Nc1ccc(C(c2ccc(N)cc2)n2c(=O)n(C(c3ccc(N)cc3)c3ccc(N)cc3)c(=O)n(C(CC3CO3)(c3ccc(N)cc3)c3ccc(N)c(CC4CO4)c3CC3CO3)c2=O)cc1. The maximum atomic E-state index is 16.5. The lowest BCUT2D eigenvalue weighted by atomic mass is 9.74. The van der Waals surface area contributed by atoms with E-state index in [1.165, 1.54) is 13.7 Å². The van der Waals surface area contributed by atoms with E-state index in [4.69, 9.17) is 48.6 Å². The number of hydrogen-bond donors (Lipinski definition) is 6. The molecule has 0 amide bonds. The van der Waals surface area contributed by atoms with E-state index in [-0.39, 0.29) is 18.6 Å². The van der Waals surface area contributed by atoms with Crippen molar-refractivity contribution in [3.63, 3.8) is 0 Å². The molecule has 7 aromatic rings. The quantitative estimate of drug-likeness (QED) is 0.0619.